The molecule has 0 fully saturated rings. The Kier molecular flexibility index (Phi) is 7.10. The lowest BCUT2D eigenvalue weighted by Gasteiger charge is -2.10. The number of para-hydroxylation sites is 1. The second kappa shape index (κ2) is 8.37. The van der Waals surface area contributed by atoms with Crippen LogP contribution in [0.15, 0.2) is 47.5 Å². The van der Waals surface area contributed by atoms with Crippen LogP contribution in [0.25, 0.3) is 0 Å². The largest absolute Gasteiger partial charge is 0.418 e. The first-order valence-corrected chi connectivity index (χ1v) is 7.71. The van der Waals surface area contributed by atoms with E-state index >= 15 is 0 Å². The third kappa shape index (κ3) is 5.26. The first kappa shape index (κ1) is 19.5. The van der Waals surface area contributed by atoms with E-state index in [9.17, 15) is 13.2 Å². The Bertz CT molecular complexity index is 694. The van der Waals surface area contributed by atoms with E-state index in [1.807, 2.05) is 13.8 Å². The number of benzene rings is 2. The van der Waals surface area contributed by atoms with Crippen LogP contribution in [-0.2, 0) is 6.18 Å². The average Bonchev–Trinajstić information content (AvgIpc) is 2.51. The lowest BCUT2D eigenvalue weighted by molar-refractivity contribution is -0.137. The number of hydrogen-bond donors (Lipinski definition) is 0. The Balaban J connectivity index is 0.00000127. The second-order valence-corrected chi connectivity index (χ2v) is 5.16. The van der Waals surface area contributed by atoms with Gasteiger partial charge in [0, 0.05) is 5.71 Å². The van der Waals surface area contributed by atoms with Gasteiger partial charge in [0.1, 0.15) is 0 Å². The van der Waals surface area contributed by atoms with E-state index in [4.69, 9.17) is 23.2 Å². The smallest absolute Gasteiger partial charge is 0.253 e. The minimum Gasteiger partial charge on any atom is -0.253 e. The molecule has 0 unspecified atom stereocenters. The average molecular weight is 362 g/mol. The highest BCUT2D eigenvalue weighted by Gasteiger charge is 2.33. The monoisotopic (exact) mass is 361 g/mol. The van der Waals surface area contributed by atoms with Crippen LogP contribution in [0.2, 0.25) is 10.0 Å². The highest BCUT2D eigenvalue weighted by Crippen LogP contribution is 2.36. The van der Waals surface area contributed by atoms with Crippen LogP contribution in [0, 0.1) is 0 Å². The summed E-state index contributed by atoms with van der Waals surface area (Å²) in [7, 11) is 0. The molecule has 6 heteroatoms. The van der Waals surface area contributed by atoms with E-state index in [0.29, 0.717) is 21.3 Å². The van der Waals surface area contributed by atoms with Crippen molar-refractivity contribution in [2.75, 3.05) is 0 Å². The van der Waals surface area contributed by atoms with Crippen LogP contribution < -0.4 is 0 Å². The standard InChI is InChI=1S/C15H10Cl2F3N.C2H6/c1-9(10-6-7-12(16)13(17)8-10)21-14-5-3-2-4-11(14)15(18,19)20;1-2/h2-8H,1H3;1-2H3. The van der Waals surface area contributed by atoms with Crippen molar-refractivity contribution in [1.29, 1.82) is 0 Å². The number of rotatable bonds is 2. The number of nitrogens with zero attached hydrogens (tertiary/aromatic N) is 1. The van der Waals surface area contributed by atoms with Gasteiger partial charge in [-0.05, 0) is 36.8 Å². The molecule has 0 saturated carbocycles. The van der Waals surface area contributed by atoms with E-state index in [1.54, 1.807) is 25.1 Å². The van der Waals surface area contributed by atoms with E-state index in [0.717, 1.165) is 6.07 Å². The fourth-order valence-corrected chi connectivity index (χ4v) is 2.08. The summed E-state index contributed by atoms with van der Waals surface area (Å²) < 4.78 is 38.7. The molecule has 124 valence electrons. The van der Waals surface area contributed by atoms with Gasteiger partial charge in [-0.15, -0.1) is 0 Å². The number of halogens is 5. The molecule has 0 aromatic heterocycles. The van der Waals surface area contributed by atoms with Crippen molar-refractivity contribution in [2.24, 2.45) is 4.99 Å². The van der Waals surface area contributed by atoms with Gasteiger partial charge in [-0.3, -0.25) is 4.99 Å². The summed E-state index contributed by atoms with van der Waals surface area (Å²) >= 11 is 11.7. The van der Waals surface area contributed by atoms with E-state index in [1.165, 1.54) is 18.2 Å². The summed E-state index contributed by atoms with van der Waals surface area (Å²) in [5, 5.41) is 0.705. The molecule has 23 heavy (non-hydrogen) atoms. The summed E-state index contributed by atoms with van der Waals surface area (Å²) in [5.74, 6) is 0. The van der Waals surface area contributed by atoms with Gasteiger partial charge >= 0.3 is 6.18 Å². The molecule has 1 nitrogen and oxygen atoms in total. The normalized spacial score (nSPS) is 11.7. The van der Waals surface area contributed by atoms with Crippen molar-refractivity contribution in [3.63, 3.8) is 0 Å². The summed E-state index contributed by atoms with van der Waals surface area (Å²) in [5.41, 5.74) is 0.129. The van der Waals surface area contributed by atoms with Crippen molar-refractivity contribution in [3.05, 3.63) is 63.6 Å². The molecule has 2 aromatic rings. The summed E-state index contributed by atoms with van der Waals surface area (Å²) in [4.78, 5) is 4.06. The van der Waals surface area contributed by atoms with E-state index < -0.39 is 11.7 Å². The van der Waals surface area contributed by atoms with Gasteiger partial charge < -0.3 is 0 Å². The van der Waals surface area contributed by atoms with Crippen molar-refractivity contribution >= 4 is 34.6 Å². The second-order valence-electron chi connectivity index (χ2n) is 4.34. The molecule has 0 saturated heterocycles. The first-order valence-electron chi connectivity index (χ1n) is 6.96. The first-order chi connectivity index (χ1) is 10.8. The molecule has 0 aliphatic carbocycles. The molecule has 0 amide bonds. The van der Waals surface area contributed by atoms with Gasteiger partial charge in [-0.25, -0.2) is 0 Å². The zero-order chi connectivity index (χ0) is 17.6. The lowest BCUT2D eigenvalue weighted by Crippen LogP contribution is -2.05. The number of hydrogen-bond acceptors (Lipinski definition) is 1. The molecule has 0 aliphatic rings. The van der Waals surface area contributed by atoms with Gasteiger partial charge in [0.05, 0.1) is 21.3 Å². The highest BCUT2D eigenvalue weighted by atomic mass is 35.5. The molecule has 2 rings (SSSR count). The minimum absolute atomic E-state index is 0.131. The van der Waals surface area contributed by atoms with Gasteiger partial charge in [-0.2, -0.15) is 13.2 Å². The Labute approximate surface area is 143 Å². The lowest BCUT2D eigenvalue weighted by atomic mass is 10.1. The van der Waals surface area contributed by atoms with Gasteiger partial charge in [0.25, 0.3) is 0 Å². The van der Waals surface area contributed by atoms with Gasteiger partial charge in [0.15, 0.2) is 0 Å². The third-order valence-corrected chi connectivity index (χ3v) is 3.57. The van der Waals surface area contributed by atoms with Crippen LogP contribution in [-0.4, -0.2) is 5.71 Å². The predicted molar refractivity (Wildman–Crippen MR) is 91.1 cm³/mol. The molecule has 0 spiro atoms. The molecule has 2 aromatic carbocycles. The summed E-state index contributed by atoms with van der Waals surface area (Å²) in [6, 6.07) is 9.97. The van der Waals surface area contributed by atoms with E-state index in [2.05, 4.69) is 4.99 Å². The zero-order valence-electron chi connectivity index (χ0n) is 12.9. The quantitative estimate of drug-likeness (QED) is 0.502. The van der Waals surface area contributed by atoms with Crippen molar-refractivity contribution < 1.29 is 13.2 Å². The van der Waals surface area contributed by atoms with Crippen molar-refractivity contribution in [2.45, 2.75) is 26.9 Å². The maximum atomic E-state index is 12.9. The van der Waals surface area contributed by atoms with E-state index in [-0.39, 0.29) is 5.69 Å². The van der Waals surface area contributed by atoms with Gasteiger partial charge in [-0.1, -0.05) is 55.2 Å². The molecular formula is C17H16Cl2F3N. The van der Waals surface area contributed by atoms with Crippen LogP contribution in [0.1, 0.15) is 31.9 Å². The zero-order valence-corrected chi connectivity index (χ0v) is 14.4. The molecule has 0 radical (unpaired) electrons. The molecule has 0 bridgehead atoms. The van der Waals surface area contributed by atoms with Crippen LogP contribution >= 0.6 is 23.2 Å². The predicted octanol–water partition coefficient (Wildman–Crippen LogP) is 7.18. The Morgan fingerprint density at radius 3 is 2.13 bits per heavy atom. The van der Waals surface area contributed by atoms with Crippen molar-refractivity contribution in [1.82, 2.24) is 0 Å². The van der Waals surface area contributed by atoms with Gasteiger partial charge in [0.2, 0.25) is 0 Å². The maximum absolute atomic E-state index is 12.9. The molecule has 0 heterocycles. The molecule has 0 atom stereocenters. The number of alkyl halides is 3. The maximum Gasteiger partial charge on any atom is 0.418 e. The summed E-state index contributed by atoms with van der Waals surface area (Å²) in [6.45, 7) is 5.62. The molecular weight excluding hydrogens is 346 g/mol. The fraction of sp³-hybridized carbons (Fsp3) is 0.235. The fourth-order valence-electron chi connectivity index (χ4n) is 1.78. The minimum atomic E-state index is -4.45. The molecule has 0 aliphatic heterocycles. The van der Waals surface area contributed by atoms with Crippen LogP contribution in [0.4, 0.5) is 18.9 Å². The highest BCUT2D eigenvalue weighted by molar-refractivity contribution is 6.42. The topological polar surface area (TPSA) is 12.4 Å². The Hall–Kier alpha value is -1.52. The summed E-state index contributed by atoms with van der Waals surface area (Å²) in [6.07, 6.45) is -4.45. The van der Waals surface area contributed by atoms with Crippen molar-refractivity contribution in [3.8, 4) is 0 Å². The van der Waals surface area contributed by atoms with Crippen LogP contribution in [0.3, 0.4) is 0 Å². The Morgan fingerprint density at radius 1 is 0.957 bits per heavy atom. The molecule has 0 N–H and O–H groups in total. The number of aliphatic imine (C=N–C) groups is 1. The Morgan fingerprint density at radius 2 is 1.57 bits per heavy atom. The SMILES string of the molecule is CC.CC(=Nc1ccccc1C(F)(F)F)c1ccc(Cl)c(Cl)c1. The third-order valence-electron chi connectivity index (χ3n) is 2.83. The van der Waals surface area contributed by atoms with Crippen LogP contribution in [0.5, 0.6) is 0 Å².